The van der Waals surface area contributed by atoms with Crippen molar-refractivity contribution < 1.29 is 5.11 Å². The largest absolute Gasteiger partial charge is 0.506 e. The van der Waals surface area contributed by atoms with Crippen molar-refractivity contribution in [2.75, 3.05) is 12.8 Å². The number of benzene rings is 1. The third-order valence-electron chi connectivity index (χ3n) is 3.55. The average Bonchev–Trinajstić information content (AvgIpc) is 2.40. The van der Waals surface area contributed by atoms with Gasteiger partial charge in [-0.25, -0.2) is 0 Å². The highest BCUT2D eigenvalue weighted by Gasteiger charge is 2.24. The standard InChI is InChI=1S/C14H22BrNOS/c1-4-14(5-2,18-3)10-16-9-11-7-6-8-12(15)13(11)17/h6-8,16-17H,4-5,9-10H2,1-3H3. The molecule has 0 saturated carbocycles. The summed E-state index contributed by atoms with van der Waals surface area (Å²) in [5, 5.41) is 13.4. The van der Waals surface area contributed by atoms with Crippen LogP contribution in [-0.4, -0.2) is 22.7 Å². The van der Waals surface area contributed by atoms with Crippen LogP contribution in [0, 0.1) is 0 Å². The highest BCUT2D eigenvalue weighted by molar-refractivity contribution is 9.10. The SMILES string of the molecule is CCC(CC)(CNCc1cccc(Br)c1O)SC. The number of hydrogen-bond acceptors (Lipinski definition) is 3. The molecule has 0 bridgehead atoms. The van der Waals surface area contributed by atoms with Crippen molar-refractivity contribution >= 4 is 27.7 Å². The summed E-state index contributed by atoms with van der Waals surface area (Å²) in [6.45, 7) is 6.14. The fourth-order valence-corrected chi connectivity index (χ4v) is 3.22. The molecule has 0 fully saturated rings. The second-order valence-corrected chi connectivity index (χ2v) is 6.57. The molecule has 18 heavy (non-hydrogen) atoms. The smallest absolute Gasteiger partial charge is 0.134 e. The summed E-state index contributed by atoms with van der Waals surface area (Å²) >= 11 is 5.26. The van der Waals surface area contributed by atoms with Crippen LogP contribution in [0.1, 0.15) is 32.3 Å². The van der Waals surface area contributed by atoms with Gasteiger partial charge in [-0.15, -0.1) is 0 Å². The molecule has 4 heteroatoms. The first-order chi connectivity index (χ1) is 8.58. The Labute approximate surface area is 123 Å². The number of aromatic hydroxyl groups is 1. The van der Waals surface area contributed by atoms with Crippen LogP contribution >= 0.6 is 27.7 Å². The van der Waals surface area contributed by atoms with E-state index in [0.717, 1.165) is 29.4 Å². The molecule has 0 radical (unpaired) electrons. The van der Waals surface area contributed by atoms with Gasteiger partial charge in [-0.3, -0.25) is 0 Å². The minimum atomic E-state index is 0.307. The molecule has 2 nitrogen and oxygen atoms in total. The normalized spacial score (nSPS) is 11.8. The van der Waals surface area contributed by atoms with Gasteiger partial charge in [-0.05, 0) is 41.1 Å². The van der Waals surface area contributed by atoms with Crippen molar-refractivity contribution in [3.63, 3.8) is 0 Å². The Morgan fingerprint density at radius 3 is 2.56 bits per heavy atom. The number of phenolic OH excluding ortho intramolecular Hbond substituents is 1. The van der Waals surface area contributed by atoms with Gasteiger partial charge in [0.05, 0.1) is 4.47 Å². The maximum atomic E-state index is 9.91. The van der Waals surface area contributed by atoms with Gasteiger partial charge in [-0.2, -0.15) is 11.8 Å². The van der Waals surface area contributed by atoms with E-state index in [-0.39, 0.29) is 0 Å². The maximum Gasteiger partial charge on any atom is 0.134 e. The number of nitrogens with one attached hydrogen (secondary N) is 1. The zero-order valence-electron chi connectivity index (χ0n) is 11.3. The average molecular weight is 332 g/mol. The Bertz CT molecular complexity index is 372. The van der Waals surface area contributed by atoms with E-state index in [2.05, 4.69) is 41.3 Å². The van der Waals surface area contributed by atoms with Crippen LogP contribution in [0.25, 0.3) is 0 Å². The molecular weight excluding hydrogens is 310 g/mol. The minimum absolute atomic E-state index is 0.307. The quantitative estimate of drug-likeness (QED) is 0.786. The van der Waals surface area contributed by atoms with E-state index in [0.29, 0.717) is 17.0 Å². The van der Waals surface area contributed by atoms with Crippen molar-refractivity contribution in [3.05, 3.63) is 28.2 Å². The van der Waals surface area contributed by atoms with Crippen molar-refractivity contribution in [2.24, 2.45) is 0 Å². The molecule has 0 spiro atoms. The Morgan fingerprint density at radius 1 is 1.33 bits per heavy atom. The van der Waals surface area contributed by atoms with E-state index in [4.69, 9.17) is 0 Å². The topological polar surface area (TPSA) is 32.3 Å². The molecule has 0 aliphatic heterocycles. The lowest BCUT2D eigenvalue weighted by molar-refractivity contribution is 0.453. The molecule has 102 valence electrons. The molecule has 0 aliphatic carbocycles. The molecule has 0 saturated heterocycles. The lowest BCUT2D eigenvalue weighted by Gasteiger charge is -2.30. The zero-order chi connectivity index (χ0) is 13.6. The van der Waals surface area contributed by atoms with E-state index in [1.807, 2.05) is 30.0 Å². The zero-order valence-corrected chi connectivity index (χ0v) is 13.7. The van der Waals surface area contributed by atoms with E-state index in [1.165, 1.54) is 0 Å². The fourth-order valence-electron chi connectivity index (χ4n) is 1.99. The molecule has 2 N–H and O–H groups in total. The Morgan fingerprint density at radius 2 is 2.00 bits per heavy atom. The van der Waals surface area contributed by atoms with Gasteiger partial charge in [0.2, 0.25) is 0 Å². The number of rotatable bonds is 7. The summed E-state index contributed by atoms with van der Waals surface area (Å²) in [4.78, 5) is 0. The second-order valence-electron chi connectivity index (χ2n) is 4.45. The summed E-state index contributed by atoms with van der Waals surface area (Å²) in [6, 6.07) is 5.75. The summed E-state index contributed by atoms with van der Waals surface area (Å²) in [5.74, 6) is 0.341. The molecule has 1 rings (SSSR count). The molecule has 0 aliphatic rings. The number of para-hydroxylation sites is 1. The summed E-state index contributed by atoms with van der Waals surface area (Å²) in [6.07, 6.45) is 4.48. The van der Waals surface area contributed by atoms with Gasteiger partial charge in [0.25, 0.3) is 0 Å². The van der Waals surface area contributed by atoms with Crippen LogP contribution in [0.4, 0.5) is 0 Å². The monoisotopic (exact) mass is 331 g/mol. The van der Waals surface area contributed by atoms with Gasteiger partial charge < -0.3 is 10.4 Å². The number of halogens is 1. The summed E-state index contributed by atoms with van der Waals surface area (Å²) in [7, 11) is 0. The number of thioether (sulfide) groups is 1. The summed E-state index contributed by atoms with van der Waals surface area (Å²) in [5.41, 5.74) is 0.937. The van der Waals surface area contributed by atoms with Crippen LogP contribution in [-0.2, 0) is 6.54 Å². The second kappa shape index (κ2) is 7.41. The number of hydrogen-bond donors (Lipinski definition) is 2. The van der Waals surface area contributed by atoms with Crippen LogP contribution in [0.3, 0.4) is 0 Å². The first-order valence-electron chi connectivity index (χ1n) is 6.30. The third kappa shape index (κ3) is 3.90. The number of phenols is 1. The van der Waals surface area contributed by atoms with Gasteiger partial charge in [0.1, 0.15) is 5.75 Å². The fraction of sp³-hybridized carbons (Fsp3) is 0.571. The Balaban J connectivity index is 2.58. The van der Waals surface area contributed by atoms with Gasteiger partial charge >= 0.3 is 0 Å². The first kappa shape index (κ1) is 15.9. The molecule has 0 heterocycles. The van der Waals surface area contributed by atoms with Crippen molar-refractivity contribution in [3.8, 4) is 5.75 Å². The molecule has 0 amide bonds. The van der Waals surface area contributed by atoms with Crippen molar-refractivity contribution in [2.45, 2.75) is 38.0 Å². The molecule has 0 unspecified atom stereocenters. The van der Waals surface area contributed by atoms with Gasteiger partial charge in [0.15, 0.2) is 0 Å². The van der Waals surface area contributed by atoms with E-state index in [1.54, 1.807) is 0 Å². The van der Waals surface area contributed by atoms with Crippen molar-refractivity contribution in [1.82, 2.24) is 5.32 Å². The van der Waals surface area contributed by atoms with Gasteiger partial charge in [0, 0.05) is 23.4 Å². The first-order valence-corrected chi connectivity index (χ1v) is 8.32. The molecule has 0 atom stereocenters. The summed E-state index contributed by atoms with van der Waals surface area (Å²) < 4.78 is 1.06. The molecule has 1 aromatic rings. The van der Waals surface area contributed by atoms with E-state index >= 15 is 0 Å². The van der Waals surface area contributed by atoms with Gasteiger partial charge in [-0.1, -0.05) is 26.0 Å². The third-order valence-corrected chi connectivity index (χ3v) is 5.78. The van der Waals surface area contributed by atoms with E-state index in [9.17, 15) is 5.11 Å². The highest BCUT2D eigenvalue weighted by atomic mass is 79.9. The minimum Gasteiger partial charge on any atom is -0.506 e. The predicted octanol–water partition coefficient (Wildman–Crippen LogP) is 4.17. The molecule has 1 aromatic carbocycles. The van der Waals surface area contributed by atoms with Crippen LogP contribution in [0.5, 0.6) is 5.75 Å². The van der Waals surface area contributed by atoms with Crippen LogP contribution < -0.4 is 5.32 Å². The Kier molecular flexibility index (Phi) is 6.53. The van der Waals surface area contributed by atoms with Crippen LogP contribution in [0.2, 0.25) is 0 Å². The maximum absolute atomic E-state index is 9.91. The lowest BCUT2D eigenvalue weighted by atomic mass is 10.0. The molecular formula is C14H22BrNOS. The predicted molar refractivity (Wildman–Crippen MR) is 84.3 cm³/mol. The van der Waals surface area contributed by atoms with E-state index < -0.39 is 0 Å². The Hall–Kier alpha value is -0.190. The van der Waals surface area contributed by atoms with Crippen LogP contribution in [0.15, 0.2) is 22.7 Å². The highest BCUT2D eigenvalue weighted by Crippen LogP contribution is 2.30. The molecule has 0 aromatic heterocycles. The lowest BCUT2D eigenvalue weighted by Crippen LogP contribution is -2.36. The van der Waals surface area contributed by atoms with Crippen molar-refractivity contribution in [1.29, 1.82) is 0 Å².